The van der Waals surface area contributed by atoms with Gasteiger partial charge < -0.3 is 19.0 Å². The van der Waals surface area contributed by atoms with Crippen molar-refractivity contribution in [3.05, 3.63) is 54.4 Å². The number of amides is 2. The van der Waals surface area contributed by atoms with Gasteiger partial charge in [0.15, 0.2) is 11.5 Å². The van der Waals surface area contributed by atoms with E-state index in [1.807, 2.05) is 60.4 Å². The summed E-state index contributed by atoms with van der Waals surface area (Å²) in [6, 6.07) is 15.3. The van der Waals surface area contributed by atoms with Gasteiger partial charge in [-0.2, -0.15) is 0 Å². The Morgan fingerprint density at radius 3 is 2.66 bits per heavy atom. The van der Waals surface area contributed by atoms with Crippen LogP contribution >= 0.6 is 0 Å². The van der Waals surface area contributed by atoms with Crippen molar-refractivity contribution < 1.29 is 18.7 Å². The summed E-state index contributed by atoms with van der Waals surface area (Å²) in [6.07, 6.45) is 1.87. The fourth-order valence-electron chi connectivity index (χ4n) is 4.73. The molecule has 3 aromatic rings. The third kappa shape index (κ3) is 3.83. The van der Waals surface area contributed by atoms with E-state index in [1.165, 1.54) is 0 Å². The molecule has 0 N–H and O–H groups in total. The lowest BCUT2D eigenvalue weighted by Gasteiger charge is -2.32. The minimum atomic E-state index is -0.321. The zero-order valence-electron chi connectivity index (χ0n) is 18.2. The van der Waals surface area contributed by atoms with E-state index in [4.69, 9.17) is 9.15 Å². The first-order valence-electron chi connectivity index (χ1n) is 11.3. The number of carbonyl (C=O) groups excluding carboxylic acids is 2. The predicted molar refractivity (Wildman–Crippen MR) is 121 cm³/mol. The van der Waals surface area contributed by atoms with Gasteiger partial charge in [0.05, 0.1) is 18.2 Å². The summed E-state index contributed by atoms with van der Waals surface area (Å²) in [6.45, 7) is 4.15. The molecular formula is C25H27N3O4. The molecule has 2 saturated heterocycles. The molecule has 3 heterocycles. The first-order valence-corrected chi connectivity index (χ1v) is 11.3. The summed E-state index contributed by atoms with van der Waals surface area (Å²) in [5, 5.41) is 0. The molecule has 32 heavy (non-hydrogen) atoms. The molecule has 7 nitrogen and oxygen atoms in total. The number of para-hydroxylation sites is 4. The number of piperidine rings is 1. The molecule has 1 unspecified atom stereocenters. The molecule has 7 heteroatoms. The van der Waals surface area contributed by atoms with E-state index in [1.54, 1.807) is 4.90 Å². The van der Waals surface area contributed by atoms with Crippen LogP contribution in [0.3, 0.4) is 0 Å². The molecule has 2 aromatic carbocycles. The quantitative estimate of drug-likeness (QED) is 0.608. The molecular weight excluding hydrogens is 406 g/mol. The van der Waals surface area contributed by atoms with Crippen molar-refractivity contribution in [2.24, 2.45) is 5.92 Å². The topological polar surface area (TPSA) is 75.9 Å². The van der Waals surface area contributed by atoms with Crippen LogP contribution in [0.25, 0.3) is 11.1 Å². The minimum Gasteiger partial charge on any atom is -0.492 e. The van der Waals surface area contributed by atoms with Gasteiger partial charge in [0.25, 0.3) is 0 Å². The Hall–Kier alpha value is -3.35. The highest BCUT2D eigenvalue weighted by Gasteiger charge is 2.39. The van der Waals surface area contributed by atoms with E-state index >= 15 is 0 Å². The highest BCUT2D eigenvalue weighted by atomic mass is 16.5. The number of likely N-dealkylation sites (tertiary alicyclic amines) is 1. The lowest BCUT2D eigenvalue weighted by molar-refractivity contribution is -0.136. The average molecular weight is 434 g/mol. The Bertz CT molecular complexity index is 1100. The number of ether oxygens (including phenoxy) is 1. The van der Waals surface area contributed by atoms with Crippen LogP contribution in [0.15, 0.2) is 52.9 Å². The normalized spacial score (nSPS) is 19.7. The van der Waals surface area contributed by atoms with Crippen LogP contribution in [-0.2, 0) is 9.59 Å². The van der Waals surface area contributed by atoms with E-state index in [-0.39, 0.29) is 30.1 Å². The molecule has 0 spiro atoms. The maximum absolute atomic E-state index is 13.2. The van der Waals surface area contributed by atoms with Gasteiger partial charge in [-0.1, -0.05) is 24.3 Å². The fraction of sp³-hybridized carbons (Fsp3) is 0.400. The van der Waals surface area contributed by atoms with E-state index in [0.717, 1.165) is 35.5 Å². The molecule has 1 atom stereocenters. The first kappa shape index (κ1) is 20.5. The summed E-state index contributed by atoms with van der Waals surface area (Å²) in [5.41, 5.74) is 2.42. The van der Waals surface area contributed by atoms with Gasteiger partial charge in [-0.25, -0.2) is 4.98 Å². The number of nitrogens with zero attached hydrogens (tertiary/aromatic N) is 3. The van der Waals surface area contributed by atoms with Crippen molar-refractivity contribution >= 4 is 28.6 Å². The second-order valence-electron chi connectivity index (χ2n) is 8.43. The van der Waals surface area contributed by atoms with Gasteiger partial charge >= 0.3 is 0 Å². The van der Waals surface area contributed by atoms with Gasteiger partial charge in [0.2, 0.25) is 11.8 Å². The van der Waals surface area contributed by atoms with Gasteiger partial charge in [-0.05, 0) is 44.0 Å². The lowest BCUT2D eigenvalue weighted by atomic mass is 9.95. The molecule has 2 amide bonds. The Labute approximate surface area is 187 Å². The van der Waals surface area contributed by atoms with E-state index in [0.29, 0.717) is 32.0 Å². The van der Waals surface area contributed by atoms with Crippen molar-refractivity contribution in [1.29, 1.82) is 0 Å². The van der Waals surface area contributed by atoms with Crippen LogP contribution < -0.4 is 9.64 Å². The number of anilines is 1. The number of hydrogen-bond acceptors (Lipinski definition) is 5. The Morgan fingerprint density at radius 1 is 1.12 bits per heavy atom. The van der Waals surface area contributed by atoms with Crippen LogP contribution in [0.2, 0.25) is 0 Å². The van der Waals surface area contributed by atoms with Crippen LogP contribution in [0.4, 0.5) is 5.69 Å². The first-order chi connectivity index (χ1) is 15.6. The molecule has 0 saturated carbocycles. The van der Waals surface area contributed by atoms with Crippen molar-refractivity contribution in [3.8, 4) is 5.75 Å². The number of hydrogen-bond donors (Lipinski definition) is 0. The van der Waals surface area contributed by atoms with E-state index < -0.39 is 0 Å². The highest BCUT2D eigenvalue weighted by Crippen LogP contribution is 2.35. The van der Waals surface area contributed by atoms with Gasteiger partial charge in [-0.15, -0.1) is 0 Å². The minimum absolute atomic E-state index is 0.0307. The molecule has 166 valence electrons. The molecule has 0 aliphatic carbocycles. The number of rotatable bonds is 5. The molecule has 2 fully saturated rings. The summed E-state index contributed by atoms with van der Waals surface area (Å²) in [4.78, 5) is 34.1. The zero-order valence-corrected chi connectivity index (χ0v) is 18.2. The molecule has 0 radical (unpaired) electrons. The van der Waals surface area contributed by atoms with E-state index in [9.17, 15) is 9.59 Å². The van der Waals surface area contributed by atoms with Crippen LogP contribution in [0, 0.1) is 5.92 Å². The zero-order chi connectivity index (χ0) is 22.1. The smallest absolute Gasteiger partial charge is 0.228 e. The molecule has 2 aliphatic rings. The fourth-order valence-corrected chi connectivity index (χ4v) is 4.73. The van der Waals surface area contributed by atoms with Crippen LogP contribution in [-0.4, -0.2) is 47.9 Å². The Morgan fingerprint density at radius 2 is 1.88 bits per heavy atom. The van der Waals surface area contributed by atoms with Gasteiger partial charge in [0, 0.05) is 32.0 Å². The Balaban J connectivity index is 1.22. The van der Waals surface area contributed by atoms with Crippen LogP contribution in [0.5, 0.6) is 5.75 Å². The van der Waals surface area contributed by atoms with Crippen molar-refractivity contribution in [3.63, 3.8) is 0 Å². The standard InChI is InChI=1S/C25H27N3O4/c1-2-31-22-10-6-4-8-20(22)28-16-18(15-23(28)29)25(30)27-13-11-17(12-14-27)24-26-19-7-3-5-9-21(19)32-24/h3-10,17-18H,2,11-16H2,1H3. The summed E-state index contributed by atoms with van der Waals surface area (Å²) in [5.74, 6) is 1.36. The number of benzene rings is 2. The number of oxazole rings is 1. The monoisotopic (exact) mass is 433 g/mol. The van der Waals surface area contributed by atoms with Crippen molar-refractivity contribution in [1.82, 2.24) is 9.88 Å². The summed E-state index contributed by atoms with van der Waals surface area (Å²) < 4.78 is 11.6. The second-order valence-corrected chi connectivity index (χ2v) is 8.43. The number of fused-ring (bicyclic) bond motifs is 1. The largest absolute Gasteiger partial charge is 0.492 e. The predicted octanol–water partition coefficient (Wildman–Crippen LogP) is 3.99. The molecule has 1 aromatic heterocycles. The van der Waals surface area contributed by atoms with Crippen molar-refractivity contribution in [2.45, 2.75) is 32.1 Å². The second kappa shape index (κ2) is 8.65. The number of aromatic nitrogens is 1. The number of carbonyl (C=O) groups is 2. The molecule has 5 rings (SSSR count). The van der Waals surface area contributed by atoms with E-state index in [2.05, 4.69) is 4.98 Å². The summed E-state index contributed by atoms with van der Waals surface area (Å²) in [7, 11) is 0. The Kier molecular flexibility index (Phi) is 5.55. The average Bonchev–Trinajstić information content (AvgIpc) is 3.43. The SMILES string of the molecule is CCOc1ccccc1N1CC(C(=O)N2CCC(c3nc4ccccc4o3)CC2)CC1=O. The van der Waals surface area contributed by atoms with Crippen molar-refractivity contribution in [2.75, 3.05) is 31.1 Å². The third-order valence-electron chi connectivity index (χ3n) is 6.40. The maximum atomic E-state index is 13.2. The summed E-state index contributed by atoms with van der Waals surface area (Å²) >= 11 is 0. The van der Waals surface area contributed by atoms with Gasteiger partial charge in [-0.3, -0.25) is 9.59 Å². The third-order valence-corrected chi connectivity index (χ3v) is 6.40. The lowest BCUT2D eigenvalue weighted by Crippen LogP contribution is -2.42. The van der Waals surface area contributed by atoms with Crippen LogP contribution in [0.1, 0.15) is 38.0 Å². The molecule has 0 bridgehead atoms. The maximum Gasteiger partial charge on any atom is 0.228 e. The van der Waals surface area contributed by atoms with Gasteiger partial charge in [0.1, 0.15) is 11.3 Å². The highest BCUT2D eigenvalue weighted by molar-refractivity contribution is 6.01. The molecule has 2 aliphatic heterocycles.